The van der Waals surface area contributed by atoms with Gasteiger partial charge in [0.05, 0.1) is 16.8 Å². The summed E-state index contributed by atoms with van der Waals surface area (Å²) in [4.78, 5) is 7.13. The monoisotopic (exact) mass is 275 g/mol. The maximum atomic E-state index is 4.71. The molecule has 102 valence electrons. The van der Waals surface area contributed by atoms with Gasteiger partial charge in [0.1, 0.15) is 5.01 Å². The third-order valence-electron chi connectivity index (χ3n) is 3.77. The number of rotatable bonds is 4. The molecule has 0 aliphatic carbocycles. The maximum Gasteiger partial charge on any atom is 0.108 e. The third kappa shape index (κ3) is 3.32. The Kier molecular flexibility index (Phi) is 4.11. The molecule has 1 saturated heterocycles. The van der Waals surface area contributed by atoms with Crippen LogP contribution in [-0.4, -0.2) is 36.6 Å². The number of hydrogen-bond donors (Lipinski definition) is 1. The first-order chi connectivity index (χ1) is 9.31. The molecule has 19 heavy (non-hydrogen) atoms. The van der Waals surface area contributed by atoms with Crippen molar-refractivity contribution in [3.8, 4) is 0 Å². The number of nitrogens with one attached hydrogen (secondary N) is 1. The van der Waals surface area contributed by atoms with Crippen LogP contribution in [-0.2, 0) is 6.54 Å². The molecule has 2 aromatic rings. The fourth-order valence-electron chi connectivity index (χ4n) is 2.79. The van der Waals surface area contributed by atoms with E-state index in [1.54, 1.807) is 0 Å². The number of thiazole rings is 1. The molecule has 4 heteroatoms. The highest BCUT2D eigenvalue weighted by atomic mass is 32.1. The zero-order valence-electron chi connectivity index (χ0n) is 11.4. The first kappa shape index (κ1) is 13.0. The summed E-state index contributed by atoms with van der Waals surface area (Å²) < 4.78 is 1.30. The zero-order chi connectivity index (χ0) is 13.1. The van der Waals surface area contributed by atoms with E-state index in [1.165, 1.54) is 42.2 Å². The van der Waals surface area contributed by atoms with Crippen molar-refractivity contribution in [2.45, 2.75) is 19.4 Å². The van der Waals surface area contributed by atoms with Gasteiger partial charge in [-0.1, -0.05) is 12.1 Å². The number of aromatic nitrogens is 1. The lowest BCUT2D eigenvalue weighted by molar-refractivity contribution is 0.234. The minimum absolute atomic E-state index is 0.848. The molecule has 0 unspecified atom stereocenters. The van der Waals surface area contributed by atoms with Crippen LogP contribution in [0.3, 0.4) is 0 Å². The minimum atomic E-state index is 0.848. The molecule has 1 N–H and O–H groups in total. The van der Waals surface area contributed by atoms with Gasteiger partial charge < -0.3 is 5.32 Å². The van der Waals surface area contributed by atoms with E-state index in [4.69, 9.17) is 4.98 Å². The van der Waals surface area contributed by atoms with Crippen LogP contribution in [0.15, 0.2) is 24.3 Å². The van der Waals surface area contributed by atoms with Crippen molar-refractivity contribution >= 4 is 21.6 Å². The Labute approximate surface area is 118 Å². The number of benzene rings is 1. The van der Waals surface area contributed by atoms with E-state index in [-0.39, 0.29) is 0 Å². The van der Waals surface area contributed by atoms with Crippen LogP contribution in [0.25, 0.3) is 10.2 Å². The van der Waals surface area contributed by atoms with Crippen molar-refractivity contribution in [1.82, 2.24) is 15.2 Å². The second kappa shape index (κ2) is 5.99. The van der Waals surface area contributed by atoms with Crippen molar-refractivity contribution in [2.75, 3.05) is 26.7 Å². The fraction of sp³-hybridized carbons (Fsp3) is 0.533. The number of hydrogen-bond acceptors (Lipinski definition) is 4. The average molecular weight is 275 g/mol. The standard InChI is InChI=1S/C15H21N3S/c1-18(10-12-6-8-16-9-7-12)11-15-17-13-4-2-3-5-14(13)19-15/h2-5,12,16H,6-11H2,1H3. The lowest BCUT2D eigenvalue weighted by atomic mass is 9.98. The predicted molar refractivity (Wildman–Crippen MR) is 81.5 cm³/mol. The van der Waals surface area contributed by atoms with Gasteiger partial charge in [0, 0.05) is 6.54 Å². The lowest BCUT2D eigenvalue weighted by Crippen LogP contribution is -2.34. The fourth-order valence-corrected chi connectivity index (χ4v) is 3.84. The number of piperidine rings is 1. The molecular weight excluding hydrogens is 254 g/mol. The predicted octanol–water partition coefficient (Wildman–Crippen LogP) is 2.73. The summed E-state index contributed by atoms with van der Waals surface area (Å²) in [5.41, 5.74) is 1.14. The molecule has 0 bridgehead atoms. The van der Waals surface area contributed by atoms with E-state index < -0.39 is 0 Å². The van der Waals surface area contributed by atoms with Gasteiger partial charge in [-0.05, 0) is 51.0 Å². The summed E-state index contributed by atoms with van der Waals surface area (Å²) in [5.74, 6) is 0.848. The highest BCUT2D eigenvalue weighted by Crippen LogP contribution is 2.23. The van der Waals surface area contributed by atoms with Crippen LogP contribution in [0.1, 0.15) is 17.8 Å². The Morgan fingerprint density at radius 2 is 2.11 bits per heavy atom. The van der Waals surface area contributed by atoms with Crippen LogP contribution in [0.4, 0.5) is 0 Å². The Morgan fingerprint density at radius 1 is 1.32 bits per heavy atom. The first-order valence-electron chi connectivity index (χ1n) is 7.05. The van der Waals surface area contributed by atoms with Gasteiger partial charge in [-0.2, -0.15) is 0 Å². The SMILES string of the molecule is CN(Cc1nc2ccccc2s1)CC1CCNCC1. The summed E-state index contributed by atoms with van der Waals surface area (Å²) in [5, 5.41) is 4.66. The quantitative estimate of drug-likeness (QED) is 0.930. The Bertz CT molecular complexity index is 498. The van der Waals surface area contributed by atoms with Crippen LogP contribution in [0, 0.1) is 5.92 Å². The zero-order valence-corrected chi connectivity index (χ0v) is 12.2. The van der Waals surface area contributed by atoms with Gasteiger partial charge >= 0.3 is 0 Å². The molecule has 1 fully saturated rings. The second-order valence-electron chi connectivity index (χ2n) is 5.47. The summed E-state index contributed by atoms with van der Waals surface area (Å²) in [6.07, 6.45) is 2.62. The molecule has 1 aromatic carbocycles. The number of para-hydroxylation sites is 1. The van der Waals surface area contributed by atoms with Crippen molar-refractivity contribution in [3.05, 3.63) is 29.3 Å². The normalized spacial score (nSPS) is 17.4. The van der Waals surface area contributed by atoms with Gasteiger partial charge in [-0.15, -0.1) is 11.3 Å². The molecule has 2 heterocycles. The van der Waals surface area contributed by atoms with Gasteiger partial charge in [0.15, 0.2) is 0 Å². The number of fused-ring (bicyclic) bond motifs is 1. The number of nitrogens with zero attached hydrogens (tertiary/aromatic N) is 2. The van der Waals surface area contributed by atoms with E-state index in [1.807, 2.05) is 11.3 Å². The Morgan fingerprint density at radius 3 is 2.89 bits per heavy atom. The van der Waals surface area contributed by atoms with Crippen molar-refractivity contribution in [2.24, 2.45) is 5.92 Å². The molecule has 1 aliphatic rings. The average Bonchev–Trinajstić information content (AvgIpc) is 2.81. The summed E-state index contributed by atoms with van der Waals surface area (Å²) >= 11 is 1.82. The maximum absolute atomic E-state index is 4.71. The summed E-state index contributed by atoms with van der Waals surface area (Å²) in [6, 6.07) is 8.40. The molecule has 3 nitrogen and oxygen atoms in total. The van der Waals surface area contributed by atoms with Crippen LogP contribution in [0.5, 0.6) is 0 Å². The van der Waals surface area contributed by atoms with Crippen LogP contribution >= 0.6 is 11.3 Å². The van der Waals surface area contributed by atoms with E-state index in [0.717, 1.165) is 18.0 Å². The Hall–Kier alpha value is -0.970. The van der Waals surface area contributed by atoms with Gasteiger partial charge in [-0.25, -0.2) is 4.98 Å². The lowest BCUT2D eigenvalue weighted by Gasteiger charge is -2.26. The van der Waals surface area contributed by atoms with Gasteiger partial charge in [0.25, 0.3) is 0 Å². The van der Waals surface area contributed by atoms with E-state index in [9.17, 15) is 0 Å². The molecule has 0 saturated carbocycles. The van der Waals surface area contributed by atoms with Crippen molar-refractivity contribution in [1.29, 1.82) is 0 Å². The first-order valence-corrected chi connectivity index (χ1v) is 7.86. The smallest absolute Gasteiger partial charge is 0.108 e. The topological polar surface area (TPSA) is 28.2 Å². The van der Waals surface area contributed by atoms with Crippen molar-refractivity contribution < 1.29 is 0 Å². The second-order valence-corrected chi connectivity index (χ2v) is 6.58. The summed E-state index contributed by atoms with van der Waals surface area (Å²) in [7, 11) is 2.22. The molecule has 1 aliphatic heterocycles. The molecule has 0 radical (unpaired) electrons. The minimum Gasteiger partial charge on any atom is -0.317 e. The van der Waals surface area contributed by atoms with Crippen LogP contribution < -0.4 is 5.32 Å². The van der Waals surface area contributed by atoms with E-state index in [2.05, 4.69) is 41.5 Å². The molecule has 0 spiro atoms. The highest BCUT2D eigenvalue weighted by Gasteiger charge is 2.15. The molecule has 0 atom stereocenters. The molecular formula is C15H21N3S. The molecule has 3 rings (SSSR count). The van der Waals surface area contributed by atoms with Crippen molar-refractivity contribution in [3.63, 3.8) is 0 Å². The largest absolute Gasteiger partial charge is 0.317 e. The highest BCUT2D eigenvalue weighted by molar-refractivity contribution is 7.18. The molecule has 0 amide bonds. The third-order valence-corrected chi connectivity index (χ3v) is 4.79. The molecule has 1 aromatic heterocycles. The Balaban J connectivity index is 1.60. The van der Waals surface area contributed by atoms with E-state index >= 15 is 0 Å². The van der Waals surface area contributed by atoms with Gasteiger partial charge in [-0.3, -0.25) is 4.90 Å². The summed E-state index contributed by atoms with van der Waals surface area (Å²) in [6.45, 7) is 4.53. The van der Waals surface area contributed by atoms with E-state index in [0.29, 0.717) is 0 Å². The van der Waals surface area contributed by atoms with Crippen LogP contribution in [0.2, 0.25) is 0 Å². The van der Waals surface area contributed by atoms with Gasteiger partial charge in [0.2, 0.25) is 0 Å².